The number of aromatic nitrogens is 2. The standard InChI is InChI=1S/C12H10BrN3OS/c13-10-6-7(4-5-14-10)11(17)16-12-15-8-2-1-3-9(8)18-12/h4-6H,1-3H2,(H,15,16,17). The molecule has 6 heteroatoms. The summed E-state index contributed by atoms with van der Waals surface area (Å²) in [5.41, 5.74) is 1.72. The lowest BCUT2D eigenvalue weighted by molar-refractivity contribution is 0.102. The molecule has 92 valence electrons. The average Bonchev–Trinajstić information content (AvgIpc) is 2.89. The number of nitrogens with zero attached hydrogens (tertiary/aromatic N) is 2. The van der Waals surface area contributed by atoms with E-state index in [0.29, 0.717) is 15.3 Å². The van der Waals surface area contributed by atoms with Crippen LogP contribution in [-0.4, -0.2) is 15.9 Å². The lowest BCUT2D eigenvalue weighted by Gasteiger charge is -2.01. The molecule has 0 fully saturated rings. The SMILES string of the molecule is O=C(Nc1nc2c(s1)CCC2)c1ccnc(Br)c1. The zero-order chi connectivity index (χ0) is 12.5. The molecule has 4 nitrogen and oxygen atoms in total. The number of carbonyl (C=O) groups is 1. The van der Waals surface area contributed by atoms with Crippen molar-refractivity contribution < 1.29 is 4.79 Å². The van der Waals surface area contributed by atoms with E-state index >= 15 is 0 Å². The number of thiazole rings is 1. The summed E-state index contributed by atoms with van der Waals surface area (Å²) < 4.78 is 0.650. The van der Waals surface area contributed by atoms with Gasteiger partial charge in [0.15, 0.2) is 5.13 Å². The van der Waals surface area contributed by atoms with Crippen LogP contribution in [0.2, 0.25) is 0 Å². The Morgan fingerprint density at radius 3 is 3.11 bits per heavy atom. The van der Waals surface area contributed by atoms with Gasteiger partial charge in [0.05, 0.1) is 5.69 Å². The van der Waals surface area contributed by atoms with Gasteiger partial charge in [0.1, 0.15) is 4.60 Å². The average molecular weight is 324 g/mol. The van der Waals surface area contributed by atoms with E-state index in [9.17, 15) is 4.79 Å². The van der Waals surface area contributed by atoms with Crippen LogP contribution in [0.5, 0.6) is 0 Å². The Morgan fingerprint density at radius 2 is 2.33 bits per heavy atom. The lowest BCUT2D eigenvalue weighted by Crippen LogP contribution is -2.11. The number of rotatable bonds is 2. The van der Waals surface area contributed by atoms with Gasteiger partial charge in [0.25, 0.3) is 5.91 Å². The van der Waals surface area contributed by atoms with Crippen LogP contribution in [0.4, 0.5) is 5.13 Å². The summed E-state index contributed by atoms with van der Waals surface area (Å²) in [6.07, 6.45) is 4.90. The summed E-state index contributed by atoms with van der Waals surface area (Å²) >= 11 is 4.83. The molecule has 0 saturated heterocycles. The highest BCUT2D eigenvalue weighted by molar-refractivity contribution is 9.10. The van der Waals surface area contributed by atoms with E-state index in [1.165, 1.54) is 11.3 Å². The maximum absolute atomic E-state index is 12.0. The molecule has 0 atom stereocenters. The lowest BCUT2D eigenvalue weighted by atomic mass is 10.2. The van der Waals surface area contributed by atoms with Crippen LogP contribution in [0.1, 0.15) is 27.3 Å². The molecular weight excluding hydrogens is 314 g/mol. The molecule has 0 radical (unpaired) electrons. The Bertz CT molecular complexity index is 590. The number of nitrogens with one attached hydrogen (secondary N) is 1. The highest BCUT2D eigenvalue weighted by atomic mass is 79.9. The predicted octanol–water partition coefficient (Wildman–Crippen LogP) is 3.04. The van der Waals surface area contributed by atoms with E-state index in [2.05, 4.69) is 31.2 Å². The molecule has 0 spiro atoms. The number of halogens is 1. The molecule has 0 bridgehead atoms. The summed E-state index contributed by atoms with van der Waals surface area (Å²) in [6, 6.07) is 3.37. The van der Waals surface area contributed by atoms with E-state index in [1.807, 2.05) is 0 Å². The van der Waals surface area contributed by atoms with Crippen molar-refractivity contribution in [2.45, 2.75) is 19.3 Å². The number of carbonyl (C=O) groups excluding carboxylic acids is 1. The van der Waals surface area contributed by atoms with Gasteiger partial charge in [-0.25, -0.2) is 9.97 Å². The first kappa shape index (κ1) is 11.8. The number of fused-ring (bicyclic) bond motifs is 1. The highest BCUT2D eigenvalue weighted by Crippen LogP contribution is 2.30. The minimum Gasteiger partial charge on any atom is -0.298 e. The number of hydrogen-bond donors (Lipinski definition) is 1. The fourth-order valence-electron chi connectivity index (χ4n) is 1.96. The van der Waals surface area contributed by atoms with Crippen molar-refractivity contribution in [1.29, 1.82) is 0 Å². The Labute approximate surface area is 117 Å². The molecule has 0 aliphatic heterocycles. The molecule has 1 amide bonds. The molecule has 0 unspecified atom stereocenters. The second-order valence-corrected chi connectivity index (χ2v) is 5.96. The third-order valence-corrected chi connectivity index (χ3v) is 4.31. The first-order valence-corrected chi connectivity index (χ1v) is 7.25. The van der Waals surface area contributed by atoms with Crippen molar-refractivity contribution in [1.82, 2.24) is 9.97 Å². The minimum atomic E-state index is -0.148. The number of amides is 1. The van der Waals surface area contributed by atoms with Crippen molar-refractivity contribution >= 4 is 38.3 Å². The smallest absolute Gasteiger partial charge is 0.257 e. The summed E-state index contributed by atoms with van der Waals surface area (Å²) in [5, 5.41) is 3.53. The Balaban J connectivity index is 1.78. The van der Waals surface area contributed by atoms with E-state index in [-0.39, 0.29) is 5.91 Å². The van der Waals surface area contributed by atoms with Crippen LogP contribution >= 0.6 is 27.3 Å². The first-order valence-electron chi connectivity index (χ1n) is 5.64. The molecule has 0 saturated carbocycles. The van der Waals surface area contributed by atoms with Gasteiger partial charge >= 0.3 is 0 Å². The minimum absolute atomic E-state index is 0.148. The van der Waals surface area contributed by atoms with Crippen LogP contribution < -0.4 is 5.32 Å². The molecule has 3 rings (SSSR count). The zero-order valence-electron chi connectivity index (χ0n) is 9.44. The van der Waals surface area contributed by atoms with Gasteiger partial charge in [-0.15, -0.1) is 11.3 Å². The van der Waals surface area contributed by atoms with Crippen molar-refractivity contribution in [2.24, 2.45) is 0 Å². The molecule has 1 N–H and O–H groups in total. The number of pyridine rings is 1. The first-order chi connectivity index (χ1) is 8.72. The number of anilines is 1. The quantitative estimate of drug-likeness (QED) is 0.864. The molecular formula is C12H10BrN3OS. The molecule has 18 heavy (non-hydrogen) atoms. The van der Waals surface area contributed by atoms with Gasteiger partial charge in [-0.05, 0) is 47.3 Å². The summed E-state index contributed by atoms with van der Waals surface area (Å²) in [6.45, 7) is 0. The molecule has 2 aromatic heterocycles. The van der Waals surface area contributed by atoms with Crippen LogP contribution in [0.15, 0.2) is 22.9 Å². The monoisotopic (exact) mass is 323 g/mol. The topological polar surface area (TPSA) is 54.9 Å². The normalized spacial score (nSPS) is 13.4. The molecule has 1 aliphatic carbocycles. The van der Waals surface area contributed by atoms with Gasteiger partial charge in [-0.3, -0.25) is 10.1 Å². The molecule has 2 aromatic rings. The molecule has 0 aromatic carbocycles. The number of hydrogen-bond acceptors (Lipinski definition) is 4. The molecule has 2 heterocycles. The van der Waals surface area contributed by atoms with Crippen LogP contribution in [0.25, 0.3) is 0 Å². The van der Waals surface area contributed by atoms with Crippen molar-refractivity contribution in [3.05, 3.63) is 39.1 Å². The van der Waals surface area contributed by atoms with E-state index < -0.39 is 0 Å². The van der Waals surface area contributed by atoms with Gasteiger partial charge in [0, 0.05) is 16.6 Å². The predicted molar refractivity (Wildman–Crippen MR) is 74.0 cm³/mol. The zero-order valence-corrected chi connectivity index (χ0v) is 11.8. The maximum atomic E-state index is 12.0. The third kappa shape index (κ3) is 2.30. The molecule has 1 aliphatic rings. The second kappa shape index (κ2) is 4.78. The van der Waals surface area contributed by atoms with Gasteiger partial charge < -0.3 is 0 Å². The van der Waals surface area contributed by atoms with E-state index in [4.69, 9.17) is 0 Å². The van der Waals surface area contributed by atoms with Crippen LogP contribution in [0.3, 0.4) is 0 Å². The number of aryl methyl sites for hydroxylation is 2. The van der Waals surface area contributed by atoms with Gasteiger partial charge in [-0.1, -0.05) is 0 Å². The summed E-state index contributed by atoms with van der Waals surface area (Å²) in [7, 11) is 0. The van der Waals surface area contributed by atoms with Gasteiger partial charge in [0.2, 0.25) is 0 Å². The summed E-state index contributed by atoms with van der Waals surface area (Å²) in [4.78, 5) is 21.7. The van der Waals surface area contributed by atoms with Crippen LogP contribution in [0, 0.1) is 0 Å². The summed E-state index contributed by atoms with van der Waals surface area (Å²) in [5.74, 6) is -0.148. The fourth-order valence-corrected chi connectivity index (χ4v) is 3.37. The van der Waals surface area contributed by atoms with Crippen molar-refractivity contribution in [3.8, 4) is 0 Å². The van der Waals surface area contributed by atoms with Crippen molar-refractivity contribution in [2.75, 3.05) is 5.32 Å². The van der Waals surface area contributed by atoms with E-state index in [1.54, 1.807) is 29.7 Å². The largest absolute Gasteiger partial charge is 0.298 e. The van der Waals surface area contributed by atoms with Gasteiger partial charge in [-0.2, -0.15) is 0 Å². The fraction of sp³-hybridized carbons (Fsp3) is 0.250. The second-order valence-electron chi connectivity index (χ2n) is 4.06. The Hall–Kier alpha value is -1.27. The van der Waals surface area contributed by atoms with Crippen LogP contribution in [-0.2, 0) is 12.8 Å². The third-order valence-electron chi connectivity index (χ3n) is 2.80. The maximum Gasteiger partial charge on any atom is 0.257 e. The highest BCUT2D eigenvalue weighted by Gasteiger charge is 2.18. The Morgan fingerprint density at radius 1 is 1.44 bits per heavy atom. The van der Waals surface area contributed by atoms with Crippen molar-refractivity contribution in [3.63, 3.8) is 0 Å². The Kier molecular flexibility index (Phi) is 3.13. The van der Waals surface area contributed by atoms with E-state index in [0.717, 1.165) is 18.5 Å².